The molecule has 0 aliphatic carbocycles. The van der Waals surface area contributed by atoms with Crippen molar-refractivity contribution < 1.29 is 17.6 Å². The van der Waals surface area contributed by atoms with Crippen molar-refractivity contribution in [3.05, 3.63) is 30.1 Å². The lowest BCUT2D eigenvalue weighted by Crippen LogP contribution is -2.44. The van der Waals surface area contributed by atoms with E-state index in [2.05, 4.69) is 4.72 Å². The van der Waals surface area contributed by atoms with Gasteiger partial charge in [-0.05, 0) is 45.0 Å². The van der Waals surface area contributed by atoms with Crippen molar-refractivity contribution in [1.82, 2.24) is 9.62 Å². The molecule has 1 aromatic carbocycles. The number of carbonyl (C=O) groups excluding carboxylic acids is 1. The molecule has 1 atom stereocenters. The van der Waals surface area contributed by atoms with E-state index < -0.39 is 21.9 Å². The number of sulfonamides is 1. The highest BCUT2D eigenvalue weighted by molar-refractivity contribution is 7.89. The fraction of sp³-hybridized carbons (Fsp3) is 0.500. The summed E-state index contributed by atoms with van der Waals surface area (Å²) in [5.41, 5.74) is -0.340. The van der Waals surface area contributed by atoms with Gasteiger partial charge in [-0.2, -0.15) is 0 Å². The molecule has 116 valence electrons. The summed E-state index contributed by atoms with van der Waals surface area (Å²) in [6.45, 7) is 6.05. The number of amides is 1. The number of nitrogens with zero attached hydrogens (tertiary/aromatic N) is 1. The molecule has 0 aromatic heterocycles. The Bertz CT molecular complexity index is 635. The molecule has 0 radical (unpaired) electrons. The number of benzene rings is 1. The van der Waals surface area contributed by atoms with Crippen LogP contribution < -0.4 is 4.72 Å². The summed E-state index contributed by atoms with van der Waals surface area (Å²) in [7, 11) is -3.75. The zero-order valence-corrected chi connectivity index (χ0v) is 13.1. The van der Waals surface area contributed by atoms with Gasteiger partial charge in [-0.1, -0.05) is 0 Å². The van der Waals surface area contributed by atoms with Gasteiger partial charge in [0.2, 0.25) is 15.9 Å². The van der Waals surface area contributed by atoms with E-state index in [0.29, 0.717) is 6.54 Å². The second kappa shape index (κ2) is 5.38. The number of hydrogen-bond acceptors (Lipinski definition) is 3. The summed E-state index contributed by atoms with van der Waals surface area (Å²) in [6.07, 6.45) is 0.137. The highest BCUT2D eigenvalue weighted by Gasteiger charge is 2.37. The van der Waals surface area contributed by atoms with E-state index in [4.69, 9.17) is 0 Å². The van der Waals surface area contributed by atoms with Crippen molar-refractivity contribution in [1.29, 1.82) is 0 Å². The van der Waals surface area contributed by atoms with Crippen molar-refractivity contribution in [2.24, 2.45) is 0 Å². The maximum absolute atomic E-state index is 12.8. The van der Waals surface area contributed by atoms with Crippen LogP contribution in [0.15, 0.2) is 29.2 Å². The molecule has 2 rings (SSSR count). The molecule has 1 aliphatic rings. The van der Waals surface area contributed by atoms with E-state index in [0.717, 1.165) is 12.1 Å². The quantitative estimate of drug-likeness (QED) is 0.919. The third-order valence-electron chi connectivity index (χ3n) is 3.38. The van der Waals surface area contributed by atoms with Crippen molar-refractivity contribution in [3.8, 4) is 0 Å². The largest absolute Gasteiger partial charge is 0.336 e. The molecule has 1 amide bonds. The van der Waals surface area contributed by atoms with Gasteiger partial charge in [0.15, 0.2) is 0 Å². The summed E-state index contributed by atoms with van der Waals surface area (Å²) in [5.74, 6) is -0.571. The van der Waals surface area contributed by atoms with Crippen molar-refractivity contribution in [2.75, 3.05) is 6.54 Å². The first kappa shape index (κ1) is 15.9. The van der Waals surface area contributed by atoms with Crippen LogP contribution in [0.5, 0.6) is 0 Å². The van der Waals surface area contributed by atoms with Crippen LogP contribution in [0.25, 0.3) is 0 Å². The maximum atomic E-state index is 12.8. The molecule has 1 unspecified atom stereocenters. The molecule has 1 heterocycles. The molecule has 0 spiro atoms. The first-order valence-electron chi connectivity index (χ1n) is 6.68. The minimum absolute atomic E-state index is 0.00874. The van der Waals surface area contributed by atoms with Gasteiger partial charge in [0.25, 0.3) is 0 Å². The first-order valence-corrected chi connectivity index (χ1v) is 8.16. The van der Waals surface area contributed by atoms with E-state index in [1.165, 1.54) is 12.1 Å². The molecule has 21 heavy (non-hydrogen) atoms. The van der Waals surface area contributed by atoms with Crippen LogP contribution in [0.1, 0.15) is 27.2 Å². The molecule has 7 heteroatoms. The number of rotatable bonds is 3. The van der Waals surface area contributed by atoms with Crippen LogP contribution in [0.3, 0.4) is 0 Å². The van der Waals surface area contributed by atoms with Gasteiger partial charge in [0, 0.05) is 24.5 Å². The van der Waals surface area contributed by atoms with Gasteiger partial charge in [-0.3, -0.25) is 4.79 Å². The number of carbonyl (C=O) groups is 1. The van der Waals surface area contributed by atoms with Crippen molar-refractivity contribution >= 4 is 15.9 Å². The molecule has 5 nitrogen and oxygen atoms in total. The third-order valence-corrected chi connectivity index (χ3v) is 4.92. The number of likely N-dealkylation sites (tertiary alicyclic amines) is 1. The Morgan fingerprint density at radius 3 is 2.29 bits per heavy atom. The van der Waals surface area contributed by atoms with Gasteiger partial charge in [0.1, 0.15) is 5.82 Å². The van der Waals surface area contributed by atoms with Crippen LogP contribution in [0, 0.1) is 5.82 Å². The smallest absolute Gasteiger partial charge is 0.240 e. The Labute approximate surface area is 124 Å². The van der Waals surface area contributed by atoms with Gasteiger partial charge < -0.3 is 4.90 Å². The molecular weight excluding hydrogens is 295 g/mol. The van der Waals surface area contributed by atoms with Crippen LogP contribution in [-0.2, 0) is 14.8 Å². The summed E-state index contributed by atoms with van der Waals surface area (Å²) in [6, 6.07) is 4.13. The monoisotopic (exact) mass is 314 g/mol. The van der Waals surface area contributed by atoms with Crippen LogP contribution in [0.2, 0.25) is 0 Å². The van der Waals surface area contributed by atoms with E-state index in [1.54, 1.807) is 4.90 Å². The normalized spacial score (nSPS) is 20.1. The number of halogens is 1. The standard InChI is InChI=1S/C14H19FN2O3S/c1-14(2,3)17-9-11(8-13(17)18)16-21(19,20)12-6-4-10(15)5-7-12/h4-7,11,16H,8-9H2,1-3H3. The minimum atomic E-state index is -3.75. The summed E-state index contributed by atoms with van der Waals surface area (Å²) in [5, 5.41) is 0. The summed E-state index contributed by atoms with van der Waals surface area (Å²) >= 11 is 0. The van der Waals surface area contributed by atoms with E-state index in [9.17, 15) is 17.6 Å². The van der Waals surface area contributed by atoms with Gasteiger partial charge in [-0.25, -0.2) is 17.5 Å². The van der Waals surface area contributed by atoms with E-state index in [1.807, 2.05) is 20.8 Å². The molecule has 1 aliphatic heterocycles. The zero-order valence-electron chi connectivity index (χ0n) is 12.3. The fourth-order valence-corrected chi connectivity index (χ4v) is 3.56. The zero-order chi connectivity index (χ0) is 15.8. The lowest BCUT2D eigenvalue weighted by molar-refractivity contribution is -0.131. The predicted molar refractivity (Wildman–Crippen MR) is 76.6 cm³/mol. The number of nitrogens with one attached hydrogen (secondary N) is 1. The molecule has 0 bridgehead atoms. The van der Waals surface area contributed by atoms with Crippen molar-refractivity contribution in [3.63, 3.8) is 0 Å². The van der Waals surface area contributed by atoms with Crippen LogP contribution >= 0.6 is 0 Å². The SMILES string of the molecule is CC(C)(C)N1CC(NS(=O)(=O)c2ccc(F)cc2)CC1=O. The Balaban J connectivity index is 2.12. The lowest BCUT2D eigenvalue weighted by atomic mass is 10.1. The summed E-state index contributed by atoms with van der Waals surface area (Å²) in [4.78, 5) is 13.6. The Morgan fingerprint density at radius 1 is 1.24 bits per heavy atom. The Hall–Kier alpha value is -1.47. The van der Waals surface area contributed by atoms with Gasteiger partial charge >= 0.3 is 0 Å². The molecule has 1 saturated heterocycles. The first-order chi connectivity index (χ1) is 9.59. The van der Waals surface area contributed by atoms with E-state index in [-0.39, 0.29) is 22.8 Å². The maximum Gasteiger partial charge on any atom is 0.240 e. The van der Waals surface area contributed by atoms with E-state index >= 15 is 0 Å². The second-order valence-corrected chi connectivity index (χ2v) is 7.87. The fourth-order valence-electron chi connectivity index (χ4n) is 2.34. The van der Waals surface area contributed by atoms with Crippen LogP contribution in [0.4, 0.5) is 4.39 Å². The second-order valence-electron chi connectivity index (χ2n) is 6.15. The Morgan fingerprint density at radius 2 is 1.81 bits per heavy atom. The third kappa shape index (κ3) is 3.59. The molecule has 1 N–H and O–H groups in total. The minimum Gasteiger partial charge on any atom is -0.336 e. The molecule has 1 fully saturated rings. The highest BCUT2D eigenvalue weighted by Crippen LogP contribution is 2.23. The molecular formula is C14H19FN2O3S. The summed E-state index contributed by atoms with van der Waals surface area (Å²) < 4.78 is 39.8. The van der Waals surface area contributed by atoms with Gasteiger partial charge in [-0.15, -0.1) is 0 Å². The lowest BCUT2D eigenvalue weighted by Gasteiger charge is -2.32. The van der Waals surface area contributed by atoms with Crippen molar-refractivity contribution in [2.45, 2.75) is 43.7 Å². The molecule has 0 saturated carbocycles. The van der Waals surface area contributed by atoms with Crippen LogP contribution in [-0.4, -0.2) is 37.4 Å². The molecule has 1 aromatic rings. The topological polar surface area (TPSA) is 66.5 Å². The average molecular weight is 314 g/mol. The van der Waals surface area contributed by atoms with Gasteiger partial charge in [0.05, 0.1) is 4.90 Å². The predicted octanol–water partition coefficient (Wildman–Crippen LogP) is 1.50. The number of hydrogen-bond donors (Lipinski definition) is 1. The highest BCUT2D eigenvalue weighted by atomic mass is 32.2. The average Bonchev–Trinajstić information content (AvgIpc) is 2.69. The Kier molecular flexibility index (Phi) is 4.08.